The number of aliphatic hydroxyl groups excluding tert-OH is 5. The first-order chi connectivity index (χ1) is 47.7. The summed E-state index contributed by atoms with van der Waals surface area (Å²) in [7, 11) is 0. The van der Waals surface area contributed by atoms with Crippen molar-refractivity contribution in [1.82, 2.24) is 5.32 Å². The lowest BCUT2D eigenvalue weighted by Crippen LogP contribution is -2.60. The van der Waals surface area contributed by atoms with E-state index < -0.39 is 49.5 Å². The summed E-state index contributed by atoms with van der Waals surface area (Å²) < 4.78 is 16.8. The van der Waals surface area contributed by atoms with Crippen LogP contribution in [0.3, 0.4) is 0 Å². The fourth-order valence-electron chi connectivity index (χ4n) is 13.3. The Morgan fingerprint density at radius 3 is 1.06 bits per heavy atom. The van der Waals surface area contributed by atoms with E-state index in [1.54, 1.807) is 6.08 Å². The highest BCUT2D eigenvalue weighted by molar-refractivity contribution is 5.76. The topological polar surface area (TPSA) is 175 Å². The molecule has 0 saturated carbocycles. The third kappa shape index (κ3) is 62.8. The number of hydrogen-bond acceptors (Lipinski definition) is 10. The number of unbranched alkanes of at least 4 members (excludes halogenated alkanes) is 53. The minimum atomic E-state index is -1.57. The predicted octanol–water partition coefficient (Wildman–Crippen LogP) is 23.2. The highest BCUT2D eigenvalue weighted by Crippen LogP contribution is 2.24. The van der Waals surface area contributed by atoms with Crippen LogP contribution in [0.15, 0.2) is 60.8 Å². The van der Waals surface area contributed by atoms with Gasteiger partial charge in [0.05, 0.1) is 32.0 Å². The van der Waals surface area contributed by atoms with Gasteiger partial charge in [0.15, 0.2) is 6.29 Å². The molecule has 0 aliphatic carbocycles. The van der Waals surface area contributed by atoms with E-state index in [2.05, 4.69) is 67.8 Å². The number of carbonyl (C=O) groups is 2. The second kappa shape index (κ2) is 74.5. The fourth-order valence-corrected chi connectivity index (χ4v) is 13.3. The van der Waals surface area contributed by atoms with Crippen LogP contribution in [0.25, 0.3) is 0 Å². The lowest BCUT2D eigenvalue weighted by molar-refractivity contribution is -0.302. The van der Waals surface area contributed by atoms with E-state index in [1.165, 1.54) is 315 Å². The molecule has 568 valence electrons. The van der Waals surface area contributed by atoms with Crippen LogP contribution in [0, 0.1) is 0 Å². The molecule has 1 aliphatic rings. The van der Waals surface area contributed by atoms with Gasteiger partial charge in [-0.1, -0.05) is 364 Å². The Labute approximate surface area is 598 Å². The normalized spacial score (nSPS) is 17.5. The molecule has 0 spiro atoms. The van der Waals surface area contributed by atoms with Crippen molar-refractivity contribution in [2.75, 3.05) is 19.8 Å². The lowest BCUT2D eigenvalue weighted by Gasteiger charge is -2.40. The third-order valence-corrected chi connectivity index (χ3v) is 19.8. The maximum absolute atomic E-state index is 13.1. The zero-order valence-corrected chi connectivity index (χ0v) is 63.6. The average molecular weight is 1370 g/mol. The van der Waals surface area contributed by atoms with Crippen LogP contribution >= 0.6 is 0 Å². The summed E-state index contributed by atoms with van der Waals surface area (Å²) >= 11 is 0. The van der Waals surface area contributed by atoms with Crippen LogP contribution in [-0.4, -0.2) is 100 Å². The van der Waals surface area contributed by atoms with Crippen molar-refractivity contribution in [2.24, 2.45) is 0 Å². The van der Waals surface area contributed by atoms with E-state index >= 15 is 0 Å². The Bertz CT molecular complexity index is 1800. The van der Waals surface area contributed by atoms with E-state index in [0.29, 0.717) is 19.4 Å². The summed E-state index contributed by atoms with van der Waals surface area (Å²) in [6.45, 7) is 4.35. The number of ether oxygens (including phenoxy) is 3. The summed E-state index contributed by atoms with van der Waals surface area (Å²) in [4.78, 5) is 25.2. The van der Waals surface area contributed by atoms with Crippen LogP contribution in [0.2, 0.25) is 0 Å². The summed E-state index contributed by atoms with van der Waals surface area (Å²) in [6.07, 6.45) is 91.3. The van der Waals surface area contributed by atoms with E-state index in [4.69, 9.17) is 14.2 Å². The highest BCUT2D eigenvalue weighted by Gasteiger charge is 2.44. The first-order valence-corrected chi connectivity index (χ1v) is 42.1. The van der Waals surface area contributed by atoms with Crippen molar-refractivity contribution in [1.29, 1.82) is 0 Å². The van der Waals surface area contributed by atoms with E-state index in [-0.39, 0.29) is 18.5 Å². The van der Waals surface area contributed by atoms with E-state index in [1.807, 2.05) is 6.08 Å². The molecule has 1 fully saturated rings. The number of rotatable bonds is 75. The quantitative estimate of drug-likeness (QED) is 0.0195. The second-order valence-electron chi connectivity index (χ2n) is 29.2. The predicted molar refractivity (Wildman–Crippen MR) is 412 cm³/mol. The van der Waals surface area contributed by atoms with Gasteiger partial charge in [-0.3, -0.25) is 9.59 Å². The summed E-state index contributed by atoms with van der Waals surface area (Å²) in [5.74, 6) is -0.167. The van der Waals surface area contributed by atoms with Crippen LogP contribution in [0.5, 0.6) is 0 Å². The number of hydrogen-bond donors (Lipinski definition) is 6. The van der Waals surface area contributed by atoms with Gasteiger partial charge < -0.3 is 45.1 Å². The molecule has 11 nitrogen and oxygen atoms in total. The maximum atomic E-state index is 13.1. The van der Waals surface area contributed by atoms with Crippen LogP contribution < -0.4 is 5.32 Å². The molecule has 0 aromatic carbocycles. The van der Waals surface area contributed by atoms with Gasteiger partial charge >= 0.3 is 5.97 Å². The van der Waals surface area contributed by atoms with Gasteiger partial charge in [-0.15, -0.1) is 0 Å². The van der Waals surface area contributed by atoms with Gasteiger partial charge in [0.25, 0.3) is 0 Å². The minimum Gasteiger partial charge on any atom is -0.466 e. The van der Waals surface area contributed by atoms with Crippen molar-refractivity contribution in [2.45, 2.75) is 455 Å². The zero-order chi connectivity index (χ0) is 70.1. The number of esters is 1. The molecule has 97 heavy (non-hydrogen) atoms. The zero-order valence-electron chi connectivity index (χ0n) is 63.6. The van der Waals surface area contributed by atoms with Gasteiger partial charge in [0, 0.05) is 12.8 Å². The second-order valence-corrected chi connectivity index (χ2v) is 29.2. The summed E-state index contributed by atoms with van der Waals surface area (Å²) in [5.41, 5.74) is 0. The van der Waals surface area contributed by atoms with Crippen LogP contribution in [-0.2, 0) is 23.8 Å². The van der Waals surface area contributed by atoms with Gasteiger partial charge in [0.2, 0.25) is 5.91 Å². The Hall–Kier alpha value is -2.64. The monoisotopic (exact) mass is 1370 g/mol. The van der Waals surface area contributed by atoms with Gasteiger partial charge in [-0.25, -0.2) is 0 Å². The summed E-state index contributed by atoms with van der Waals surface area (Å²) in [5, 5.41) is 54.5. The standard InChI is InChI=1S/C86H159NO10/c1-3-5-7-9-11-13-15-16-17-18-40-44-47-50-54-58-62-66-70-74-82(91)95-75-71-67-63-59-55-51-48-45-42-39-37-35-33-31-29-27-25-23-21-19-20-22-24-26-28-30-32-34-36-38-41-43-46-49-53-57-61-65-69-73-81(90)87-78(77-96-86-85(94)84(93)83(92)80(76-88)97-86)79(89)72-68-64-60-56-52-14-12-10-8-6-4-2/h11,13,16-17,19-20,23,25,68,72,78-80,83-86,88-89,92-94H,3-10,12,14-15,18,21-22,24,26-67,69-71,73-77H2,1-2H3,(H,87,90)/b13-11-,17-16-,20-19-,25-23-,72-68+. The van der Waals surface area contributed by atoms with E-state index in [9.17, 15) is 35.1 Å². The number of carbonyl (C=O) groups excluding carboxylic acids is 2. The van der Waals surface area contributed by atoms with Crippen molar-refractivity contribution in [3.05, 3.63) is 60.8 Å². The molecule has 0 radical (unpaired) electrons. The molecule has 1 saturated heterocycles. The lowest BCUT2D eigenvalue weighted by atomic mass is 9.99. The molecule has 1 amide bonds. The number of aliphatic hydroxyl groups is 5. The number of amides is 1. The largest absolute Gasteiger partial charge is 0.466 e. The first-order valence-electron chi connectivity index (χ1n) is 42.1. The molecule has 1 aliphatic heterocycles. The van der Waals surface area contributed by atoms with Gasteiger partial charge in [-0.2, -0.15) is 0 Å². The highest BCUT2D eigenvalue weighted by atomic mass is 16.7. The molecular formula is C86H159NO10. The molecule has 11 heteroatoms. The fraction of sp³-hybridized carbons (Fsp3) is 0.860. The first kappa shape index (κ1) is 92.4. The Morgan fingerprint density at radius 1 is 0.381 bits per heavy atom. The molecule has 6 N–H and O–H groups in total. The number of nitrogens with one attached hydrogen (secondary N) is 1. The smallest absolute Gasteiger partial charge is 0.305 e. The van der Waals surface area contributed by atoms with Crippen molar-refractivity contribution in [3.63, 3.8) is 0 Å². The van der Waals surface area contributed by atoms with Crippen LogP contribution in [0.4, 0.5) is 0 Å². The molecule has 7 atom stereocenters. The maximum Gasteiger partial charge on any atom is 0.305 e. The molecular weight excluding hydrogens is 1210 g/mol. The third-order valence-electron chi connectivity index (χ3n) is 19.8. The Balaban J connectivity index is 1.86. The van der Waals surface area contributed by atoms with Crippen molar-refractivity contribution < 1.29 is 49.3 Å². The SMILES string of the molecule is CCCCC/C=C\C/C=C\CCCCCCCCCCCC(=O)OCCCCCCCCCCCCCCCCC/C=C\C/C=C\CCCCCCCCCCCCCCCCCCCC(=O)NC(COC1OC(CO)C(O)C(O)C1O)C(O)/C=C/CCCCCCCCCCC. The van der Waals surface area contributed by atoms with Crippen LogP contribution in [0.1, 0.15) is 412 Å². The minimum absolute atomic E-state index is 0.0111. The Morgan fingerprint density at radius 2 is 0.691 bits per heavy atom. The van der Waals surface area contributed by atoms with Crippen molar-refractivity contribution >= 4 is 11.9 Å². The average Bonchev–Trinajstić information content (AvgIpc) is 0.924. The molecule has 1 rings (SSSR count). The summed E-state index contributed by atoms with van der Waals surface area (Å²) in [6, 6.07) is -0.808. The Kier molecular flexibility index (Phi) is 71.0. The number of allylic oxidation sites excluding steroid dienone is 9. The van der Waals surface area contributed by atoms with Gasteiger partial charge in [0.1, 0.15) is 24.4 Å². The molecule has 0 aromatic heterocycles. The molecule has 0 bridgehead atoms. The van der Waals surface area contributed by atoms with Crippen molar-refractivity contribution in [3.8, 4) is 0 Å². The van der Waals surface area contributed by atoms with E-state index in [0.717, 1.165) is 70.6 Å². The van der Waals surface area contributed by atoms with Gasteiger partial charge in [-0.05, 0) is 96.3 Å². The molecule has 0 aromatic rings. The molecule has 7 unspecified atom stereocenters. The molecule has 1 heterocycles.